The standard InChI is InChI=1S/C24H27NO7/c1-14(28)8-19-23-16(4-5-20(29-2)24(23)30-3)9-18-17-11-22(32-13-27)21(31-12-26)10-15(17)6-7-25(18)19/h4-5,9-11,19,26-27H,6-8,12-13H2,1-3H3. The Labute approximate surface area is 186 Å². The van der Waals surface area contributed by atoms with Gasteiger partial charge in [-0.25, -0.2) is 0 Å². The van der Waals surface area contributed by atoms with Crippen molar-refractivity contribution in [3.8, 4) is 23.0 Å². The molecule has 0 saturated carbocycles. The quantitative estimate of drug-likeness (QED) is 0.604. The molecule has 0 bridgehead atoms. The van der Waals surface area contributed by atoms with E-state index in [-0.39, 0.29) is 11.8 Å². The zero-order chi connectivity index (χ0) is 22.8. The SMILES string of the molecule is COc1ccc2c(c1OC)C(CC(C)=O)N1CCc3cc(OCO)c(OCO)cc3C1=C2. The summed E-state index contributed by atoms with van der Waals surface area (Å²) in [5, 5.41) is 18.5. The van der Waals surface area contributed by atoms with Crippen LogP contribution in [0.5, 0.6) is 23.0 Å². The first-order valence-corrected chi connectivity index (χ1v) is 10.4. The average Bonchev–Trinajstić information content (AvgIpc) is 2.78. The third-order valence-electron chi connectivity index (χ3n) is 5.92. The van der Waals surface area contributed by atoms with Gasteiger partial charge in [0, 0.05) is 29.8 Å². The molecule has 2 N–H and O–H groups in total. The highest BCUT2D eigenvalue weighted by Gasteiger charge is 2.37. The summed E-state index contributed by atoms with van der Waals surface area (Å²) in [4.78, 5) is 14.5. The number of hydrogen-bond donors (Lipinski definition) is 2. The topological polar surface area (TPSA) is 97.7 Å². The number of aliphatic hydroxyl groups is 2. The van der Waals surface area contributed by atoms with E-state index in [2.05, 4.69) is 11.0 Å². The van der Waals surface area contributed by atoms with Gasteiger partial charge in [-0.2, -0.15) is 0 Å². The highest BCUT2D eigenvalue weighted by molar-refractivity contribution is 5.89. The Hall–Kier alpha value is -3.23. The van der Waals surface area contributed by atoms with Gasteiger partial charge in [-0.1, -0.05) is 6.07 Å². The second kappa shape index (κ2) is 9.10. The lowest BCUT2D eigenvalue weighted by Gasteiger charge is -2.43. The van der Waals surface area contributed by atoms with Gasteiger partial charge in [-0.05, 0) is 48.7 Å². The molecule has 170 valence electrons. The molecule has 0 aromatic heterocycles. The van der Waals surface area contributed by atoms with E-state index in [1.165, 1.54) is 0 Å². The first-order valence-electron chi connectivity index (χ1n) is 10.4. The Morgan fingerprint density at radius 1 is 1.06 bits per heavy atom. The minimum atomic E-state index is -0.518. The maximum absolute atomic E-state index is 12.2. The number of carbonyl (C=O) groups is 1. The molecular weight excluding hydrogens is 414 g/mol. The minimum absolute atomic E-state index is 0.0777. The maximum atomic E-state index is 12.2. The van der Waals surface area contributed by atoms with Crippen molar-refractivity contribution in [3.63, 3.8) is 0 Å². The summed E-state index contributed by atoms with van der Waals surface area (Å²) in [5.41, 5.74) is 4.80. The fourth-order valence-electron chi connectivity index (χ4n) is 4.64. The molecule has 2 heterocycles. The van der Waals surface area contributed by atoms with Gasteiger partial charge >= 0.3 is 0 Å². The smallest absolute Gasteiger partial charge is 0.186 e. The number of aliphatic hydroxyl groups excluding tert-OH is 2. The number of ether oxygens (including phenoxy) is 4. The number of fused-ring (bicyclic) bond motifs is 4. The van der Waals surface area contributed by atoms with E-state index in [1.807, 2.05) is 24.3 Å². The van der Waals surface area contributed by atoms with Crippen LogP contribution in [0.25, 0.3) is 11.8 Å². The Balaban J connectivity index is 1.91. The molecule has 2 aromatic rings. The van der Waals surface area contributed by atoms with Crippen LogP contribution in [0.3, 0.4) is 0 Å². The van der Waals surface area contributed by atoms with Crippen LogP contribution in [0.1, 0.15) is 41.6 Å². The van der Waals surface area contributed by atoms with Gasteiger partial charge in [0.15, 0.2) is 36.6 Å². The fraction of sp³-hybridized carbons (Fsp3) is 0.375. The summed E-state index contributed by atoms with van der Waals surface area (Å²) in [5.74, 6) is 2.04. The molecule has 2 aliphatic heterocycles. The Morgan fingerprint density at radius 3 is 2.41 bits per heavy atom. The number of methoxy groups -OCH3 is 2. The summed E-state index contributed by atoms with van der Waals surface area (Å²) in [7, 11) is 3.20. The van der Waals surface area contributed by atoms with E-state index >= 15 is 0 Å². The number of ketones is 1. The van der Waals surface area contributed by atoms with Crippen LogP contribution in [-0.4, -0.2) is 55.2 Å². The summed E-state index contributed by atoms with van der Waals surface area (Å²) in [6, 6.07) is 7.26. The van der Waals surface area contributed by atoms with E-state index in [9.17, 15) is 15.0 Å². The van der Waals surface area contributed by atoms with Crippen molar-refractivity contribution < 1.29 is 34.0 Å². The van der Waals surface area contributed by atoms with Crippen LogP contribution in [0.15, 0.2) is 24.3 Å². The molecular formula is C24H27NO7. The normalized spacial score (nSPS) is 16.3. The molecule has 1 atom stereocenters. The van der Waals surface area contributed by atoms with Crippen LogP contribution in [-0.2, 0) is 11.2 Å². The zero-order valence-corrected chi connectivity index (χ0v) is 18.4. The third-order valence-corrected chi connectivity index (χ3v) is 5.92. The van der Waals surface area contributed by atoms with Gasteiger partial charge in [0.05, 0.1) is 20.3 Å². The second-order valence-electron chi connectivity index (χ2n) is 7.70. The fourth-order valence-corrected chi connectivity index (χ4v) is 4.64. The van der Waals surface area contributed by atoms with E-state index in [1.54, 1.807) is 21.1 Å². The predicted octanol–water partition coefficient (Wildman–Crippen LogP) is 2.75. The highest BCUT2D eigenvalue weighted by atomic mass is 16.6. The molecule has 0 aliphatic carbocycles. The Bertz CT molecular complexity index is 1060. The lowest BCUT2D eigenvalue weighted by molar-refractivity contribution is -0.118. The third kappa shape index (κ3) is 3.76. The Kier molecular flexibility index (Phi) is 6.25. The molecule has 32 heavy (non-hydrogen) atoms. The number of rotatable bonds is 8. The molecule has 0 fully saturated rings. The molecule has 4 rings (SSSR count). The molecule has 2 aliphatic rings. The van der Waals surface area contributed by atoms with Crippen LogP contribution >= 0.6 is 0 Å². The first-order chi connectivity index (χ1) is 15.5. The number of Topliss-reactive ketones (excluding diaryl/α,β-unsaturated/α-hetero) is 1. The van der Waals surface area contributed by atoms with Crippen molar-refractivity contribution in [2.45, 2.75) is 25.8 Å². The number of benzene rings is 2. The van der Waals surface area contributed by atoms with Gasteiger partial charge in [0.2, 0.25) is 0 Å². The molecule has 8 nitrogen and oxygen atoms in total. The van der Waals surface area contributed by atoms with Crippen molar-refractivity contribution in [2.24, 2.45) is 0 Å². The highest BCUT2D eigenvalue weighted by Crippen LogP contribution is 2.50. The van der Waals surface area contributed by atoms with E-state index in [4.69, 9.17) is 18.9 Å². The average molecular weight is 441 g/mol. The van der Waals surface area contributed by atoms with Crippen LogP contribution in [0.2, 0.25) is 0 Å². The predicted molar refractivity (Wildman–Crippen MR) is 118 cm³/mol. The van der Waals surface area contributed by atoms with Gasteiger partial charge in [-0.3, -0.25) is 4.79 Å². The number of carbonyl (C=O) groups excluding carboxylic acids is 1. The van der Waals surface area contributed by atoms with Gasteiger partial charge in [-0.15, -0.1) is 0 Å². The van der Waals surface area contributed by atoms with Gasteiger partial charge < -0.3 is 34.1 Å². The molecule has 0 saturated heterocycles. The molecule has 1 unspecified atom stereocenters. The van der Waals surface area contributed by atoms with Crippen molar-refractivity contribution in [2.75, 3.05) is 34.4 Å². The molecule has 0 radical (unpaired) electrons. The van der Waals surface area contributed by atoms with E-state index < -0.39 is 13.6 Å². The first kappa shape index (κ1) is 22.0. The van der Waals surface area contributed by atoms with E-state index in [0.717, 1.165) is 28.0 Å². The lowest BCUT2D eigenvalue weighted by Crippen LogP contribution is -2.36. The lowest BCUT2D eigenvalue weighted by atomic mass is 9.84. The van der Waals surface area contributed by atoms with E-state index in [0.29, 0.717) is 42.4 Å². The number of hydrogen-bond acceptors (Lipinski definition) is 8. The van der Waals surface area contributed by atoms with Gasteiger partial charge in [0.1, 0.15) is 5.78 Å². The summed E-state index contributed by atoms with van der Waals surface area (Å²) < 4.78 is 21.8. The van der Waals surface area contributed by atoms with Gasteiger partial charge in [0.25, 0.3) is 0 Å². The number of nitrogens with zero attached hydrogens (tertiary/aromatic N) is 1. The van der Waals surface area contributed by atoms with Crippen molar-refractivity contribution in [3.05, 3.63) is 46.5 Å². The largest absolute Gasteiger partial charge is 0.493 e. The zero-order valence-electron chi connectivity index (χ0n) is 18.4. The van der Waals surface area contributed by atoms with Crippen molar-refractivity contribution in [1.82, 2.24) is 4.90 Å². The van der Waals surface area contributed by atoms with Crippen LogP contribution in [0.4, 0.5) is 0 Å². The molecule has 2 aromatic carbocycles. The second-order valence-corrected chi connectivity index (χ2v) is 7.70. The Morgan fingerprint density at radius 2 is 1.78 bits per heavy atom. The minimum Gasteiger partial charge on any atom is -0.493 e. The van der Waals surface area contributed by atoms with Crippen LogP contribution < -0.4 is 18.9 Å². The monoisotopic (exact) mass is 441 g/mol. The summed E-state index contributed by atoms with van der Waals surface area (Å²) in [6.45, 7) is 1.27. The molecule has 0 amide bonds. The molecule has 0 spiro atoms. The summed E-state index contributed by atoms with van der Waals surface area (Å²) >= 11 is 0. The summed E-state index contributed by atoms with van der Waals surface area (Å²) in [6.07, 6.45) is 3.11. The maximum Gasteiger partial charge on any atom is 0.186 e. The van der Waals surface area contributed by atoms with Crippen molar-refractivity contribution >= 4 is 17.6 Å². The van der Waals surface area contributed by atoms with Crippen LogP contribution in [0, 0.1) is 0 Å². The van der Waals surface area contributed by atoms with Crippen molar-refractivity contribution in [1.29, 1.82) is 0 Å². The molecule has 8 heteroatoms.